The molecule has 0 amide bonds. The molecule has 1 aliphatic carbocycles. The molecule has 140 valence electrons. The Morgan fingerprint density at radius 3 is 2.44 bits per heavy atom. The van der Waals surface area contributed by atoms with E-state index in [1.165, 1.54) is 18.1 Å². The van der Waals surface area contributed by atoms with Gasteiger partial charge in [-0.2, -0.15) is 0 Å². The van der Waals surface area contributed by atoms with Crippen LogP contribution in [-0.2, 0) is 9.53 Å². The van der Waals surface area contributed by atoms with Crippen LogP contribution in [0.15, 0.2) is 46.6 Å². The number of carbonyl (C=O) groups is 1. The van der Waals surface area contributed by atoms with Crippen molar-refractivity contribution in [3.8, 4) is 0 Å². The molecule has 0 fully saturated rings. The van der Waals surface area contributed by atoms with E-state index in [1.54, 1.807) is 0 Å². The summed E-state index contributed by atoms with van der Waals surface area (Å²) in [6.45, 7) is 10.2. The van der Waals surface area contributed by atoms with E-state index < -0.39 is 6.10 Å². The van der Waals surface area contributed by atoms with Gasteiger partial charge in [0.15, 0.2) is 0 Å². The van der Waals surface area contributed by atoms with Gasteiger partial charge in [0.05, 0.1) is 6.10 Å². The maximum Gasteiger partial charge on any atom is 0.302 e. The molecule has 0 unspecified atom stereocenters. The molecule has 0 heterocycles. The van der Waals surface area contributed by atoms with Gasteiger partial charge in [0.1, 0.15) is 6.61 Å². The Kier molecular flexibility index (Phi) is 9.51. The highest BCUT2D eigenvalue weighted by molar-refractivity contribution is 5.66. The van der Waals surface area contributed by atoms with Gasteiger partial charge in [0.25, 0.3) is 0 Å². The van der Waals surface area contributed by atoms with E-state index in [1.807, 2.05) is 0 Å². The van der Waals surface area contributed by atoms with E-state index in [9.17, 15) is 9.90 Å². The minimum Gasteiger partial charge on any atom is -0.461 e. The molecular weight excluding hydrogens is 312 g/mol. The first-order valence-electron chi connectivity index (χ1n) is 9.31. The Hall–Kier alpha value is -1.61. The van der Waals surface area contributed by atoms with Crippen LogP contribution in [0.4, 0.5) is 0 Å². The normalized spacial score (nSPS) is 29.2. The van der Waals surface area contributed by atoms with Crippen LogP contribution in [0.25, 0.3) is 0 Å². The Morgan fingerprint density at radius 2 is 1.80 bits per heavy atom. The molecule has 0 radical (unpaired) electrons. The molecule has 1 N–H and O–H groups in total. The van der Waals surface area contributed by atoms with Crippen LogP contribution in [-0.4, -0.2) is 23.8 Å². The van der Waals surface area contributed by atoms with Crippen LogP contribution in [0.2, 0.25) is 0 Å². The number of esters is 1. The van der Waals surface area contributed by atoms with Crippen molar-refractivity contribution in [2.24, 2.45) is 5.92 Å². The number of hydrogen-bond acceptors (Lipinski definition) is 3. The zero-order valence-electron chi connectivity index (χ0n) is 16.5. The fourth-order valence-electron chi connectivity index (χ4n) is 2.92. The van der Waals surface area contributed by atoms with E-state index in [4.69, 9.17) is 4.74 Å². The minimum atomic E-state index is -0.551. The second kappa shape index (κ2) is 11.1. The topological polar surface area (TPSA) is 46.5 Å². The van der Waals surface area contributed by atoms with Gasteiger partial charge in [0.2, 0.25) is 0 Å². The molecule has 0 saturated heterocycles. The molecule has 3 nitrogen and oxygen atoms in total. The van der Waals surface area contributed by atoms with Gasteiger partial charge in [0, 0.05) is 13.3 Å². The molecule has 0 saturated carbocycles. The number of ether oxygens (including phenoxy) is 1. The van der Waals surface area contributed by atoms with Gasteiger partial charge in [-0.05, 0) is 56.6 Å². The molecule has 25 heavy (non-hydrogen) atoms. The molecule has 0 aromatic carbocycles. The van der Waals surface area contributed by atoms with Crippen LogP contribution in [0.5, 0.6) is 0 Å². The standard InChI is InChI=1S/C22H34O3/c1-16(2)21-13-12-18(4)9-6-8-17(3)10-7-11-20(14-22(21)24)15-25-19(5)23/h8,11-13,16,22,24H,6-7,9-10,14-15H2,1-5H3/b17-8+,18-12+,20-11-,21-13-/t22-/m0/s1. The van der Waals surface area contributed by atoms with Crippen molar-refractivity contribution in [3.63, 3.8) is 0 Å². The first-order valence-corrected chi connectivity index (χ1v) is 9.31. The second-order valence-corrected chi connectivity index (χ2v) is 7.32. The number of aliphatic hydroxyl groups is 1. The van der Waals surface area contributed by atoms with Gasteiger partial charge >= 0.3 is 5.97 Å². The van der Waals surface area contributed by atoms with Crippen LogP contribution in [0.3, 0.4) is 0 Å². The molecule has 1 atom stereocenters. The highest BCUT2D eigenvalue weighted by Gasteiger charge is 2.16. The molecule has 3 heteroatoms. The van der Waals surface area contributed by atoms with Crippen molar-refractivity contribution in [2.45, 2.75) is 72.8 Å². The largest absolute Gasteiger partial charge is 0.461 e. The maximum absolute atomic E-state index is 11.1. The predicted molar refractivity (Wildman–Crippen MR) is 104 cm³/mol. The second-order valence-electron chi connectivity index (χ2n) is 7.32. The first-order chi connectivity index (χ1) is 11.8. The Balaban J connectivity index is 3.07. The summed E-state index contributed by atoms with van der Waals surface area (Å²) >= 11 is 0. The van der Waals surface area contributed by atoms with Crippen molar-refractivity contribution in [1.82, 2.24) is 0 Å². The summed E-state index contributed by atoms with van der Waals surface area (Å²) in [7, 11) is 0. The first kappa shape index (κ1) is 21.4. The summed E-state index contributed by atoms with van der Waals surface area (Å²) in [5.41, 5.74) is 4.71. The summed E-state index contributed by atoms with van der Waals surface area (Å²) < 4.78 is 5.17. The van der Waals surface area contributed by atoms with E-state index in [0.717, 1.165) is 36.8 Å². The number of allylic oxidation sites excluding steroid dienone is 6. The fraction of sp³-hybridized carbons (Fsp3) is 0.591. The molecule has 0 spiro atoms. The lowest BCUT2D eigenvalue weighted by Gasteiger charge is -2.20. The van der Waals surface area contributed by atoms with Gasteiger partial charge < -0.3 is 9.84 Å². The lowest BCUT2D eigenvalue weighted by molar-refractivity contribution is -0.140. The molecule has 1 rings (SSSR count). The summed E-state index contributed by atoms with van der Waals surface area (Å²) in [6.07, 6.45) is 12.6. The quantitative estimate of drug-likeness (QED) is 0.559. The third-order valence-electron chi connectivity index (χ3n) is 4.53. The Bertz CT molecular complexity index is 562. The van der Waals surface area contributed by atoms with Crippen molar-refractivity contribution >= 4 is 5.97 Å². The molecule has 0 aliphatic heterocycles. The number of hydrogen-bond donors (Lipinski definition) is 1. The monoisotopic (exact) mass is 346 g/mol. The molecular formula is C22H34O3. The lowest BCUT2D eigenvalue weighted by atomic mass is 9.91. The summed E-state index contributed by atoms with van der Waals surface area (Å²) in [5, 5.41) is 10.7. The van der Waals surface area contributed by atoms with Gasteiger partial charge in [-0.1, -0.05) is 49.3 Å². The van der Waals surface area contributed by atoms with Gasteiger partial charge in [-0.25, -0.2) is 0 Å². The fourth-order valence-corrected chi connectivity index (χ4v) is 2.92. The maximum atomic E-state index is 11.1. The zero-order chi connectivity index (χ0) is 18.8. The average molecular weight is 347 g/mol. The van der Waals surface area contributed by atoms with Crippen LogP contribution in [0, 0.1) is 5.92 Å². The van der Waals surface area contributed by atoms with E-state index in [-0.39, 0.29) is 18.5 Å². The summed E-state index contributed by atoms with van der Waals surface area (Å²) in [6, 6.07) is 0. The Labute approximate surface area is 153 Å². The minimum absolute atomic E-state index is 0.259. The average Bonchev–Trinajstić information content (AvgIpc) is 2.51. The van der Waals surface area contributed by atoms with Gasteiger partial charge in [-0.15, -0.1) is 0 Å². The van der Waals surface area contributed by atoms with E-state index in [2.05, 4.69) is 52.0 Å². The van der Waals surface area contributed by atoms with Crippen molar-refractivity contribution in [2.75, 3.05) is 6.61 Å². The Morgan fingerprint density at radius 1 is 1.16 bits per heavy atom. The summed E-state index contributed by atoms with van der Waals surface area (Å²) in [4.78, 5) is 11.1. The third kappa shape index (κ3) is 8.87. The van der Waals surface area contributed by atoms with Crippen molar-refractivity contribution in [1.29, 1.82) is 0 Å². The number of aliphatic hydroxyl groups excluding tert-OH is 1. The summed E-state index contributed by atoms with van der Waals surface area (Å²) in [5.74, 6) is -0.0203. The van der Waals surface area contributed by atoms with Crippen LogP contribution < -0.4 is 0 Å². The third-order valence-corrected chi connectivity index (χ3v) is 4.53. The molecule has 0 aromatic rings. The van der Waals surface area contributed by atoms with E-state index in [0.29, 0.717) is 6.42 Å². The lowest BCUT2D eigenvalue weighted by Crippen LogP contribution is -2.18. The van der Waals surface area contributed by atoms with Crippen molar-refractivity contribution in [3.05, 3.63) is 46.6 Å². The highest BCUT2D eigenvalue weighted by Crippen LogP contribution is 2.23. The highest BCUT2D eigenvalue weighted by atomic mass is 16.5. The van der Waals surface area contributed by atoms with Crippen LogP contribution >= 0.6 is 0 Å². The molecule has 1 aliphatic rings. The molecule has 0 aromatic heterocycles. The smallest absolute Gasteiger partial charge is 0.302 e. The number of rotatable bonds is 3. The number of carbonyl (C=O) groups excluding carboxylic acids is 1. The van der Waals surface area contributed by atoms with Gasteiger partial charge in [-0.3, -0.25) is 4.79 Å². The zero-order valence-corrected chi connectivity index (χ0v) is 16.5. The molecule has 0 bridgehead atoms. The van der Waals surface area contributed by atoms with Crippen LogP contribution in [0.1, 0.15) is 66.7 Å². The predicted octanol–water partition coefficient (Wildman–Crippen LogP) is 5.28. The van der Waals surface area contributed by atoms with E-state index >= 15 is 0 Å². The SMILES string of the molecule is CC(=O)OC/C1=C\CC/C(C)=C/CC/C(C)=C/C=C(/C(C)C)[C@@H](O)C1. The van der Waals surface area contributed by atoms with Crippen molar-refractivity contribution < 1.29 is 14.6 Å².